The number of rotatable bonds is 3. The molecule has 2 rings (SSSR count). The van der Waals surface area contributed by atoms with Crippen molar-refractivity contribution in [2.24, 2.45) is 0 Å². The summed E-state index contributed by atoms with van der Waals surface area (Å²) in [6.45, 7) is 5.70. The predicted octanol–water partition coefficient (Wildman–Crippen LogP) is 2.51. The zero-order valence-electron chi connectivity index (χ0n) is 12.8. The van der Waals surface area contributed by atoms with E-state index >= 15 is 0 Å². The van der Waals surface area contributed by atoms with Gasteiger partial charge >= 0.3 is 5.97 Å². The average molecular weight is 300 g/mol. The molecule has 0 amide bonds. The molecule has 0 fully saturated rings. The zero-order valence-corrected chi connectivity index (χ0v) is 12.8. The van der Waals surface area contributed by atoms with Crippen LogP contribution in [-0.2, 0) is 14.3 Å². The molecule has 114 valence electrons. The van der Waals surface area contributed by atoms with Gasteiger partial charge in [-0.3, -0.25) is 0 Å². The number of allylic oxidation sites excluding steroid dienone is 2. The average Bonchev–Trinajstić information content (AvgIpc) is 2.79. The van der Waals surface area contributed by atoms with Crippen molar-refractivity contribution in [3.63, 3.8) is 0 Å². The fourth-order valence-corrected chi connectivity index (χ4v) is 2.32. The Hall–Kier alpha value is -2.82. The van der Waals surface area contributed by atoms with Crippen LogP contribution in [-0.4, -0.2) is 36.1 Å². The van der Waals surface area contributed by atoms with Gasteiger partial charge in [-0.25, -0.2) is 4.79 Å². The molecule has 0 aromatic heterocycles. The molecule has 0 atom stereocenters. The minimum atomic E-state index is -0.554. The van der Waals surface area contributed by atoms with Crippen molar-refractivity contribution in [1.82, 2.24) is 0 Å². The molecule has 1 aliphatic heterocycles. The Morgan fingerprint density at radius 2 is 1.86 bits per heavy atom. The molecule has 1 aliphatic rings. The number of ether oxygens (including phenoxy) is 2. The highest BCUT2D eigenvalue weighted by atomic mass is 16.6. The van der Waals surface area contributed by atoms with Crippen LogP contribution in [0, 0.1) is 0 Å². The van der Waals surface area contributed by atoms with Gasteiger partial charge in [0, 0.05) is 12.5 Å². The first-order chi connectivity index (χ1) is 10.5. The third-order valence-corrected chi connectivity index (χ3v) is 3.43. The molecule has 1 aromatic rings. The summed E-state index contributed by atoms with van der Waals surface area (Å²) < 4.78 is 11.4. The Kier molecular flexibility index (Phi) is 4.46. The number of methoxy groups -OCH3 is 2. The third-order valence-electron chi connectivity index (χ3n) is 3.43. The summed E-state index contributed by atoms with van der Waals surface area (Å²) in [6, 6.07) is 9.59. The molecule has 0 bridgehead atoms. The molecule has 22 heavy (non-hydrogen) atoms. The lowest BCUT2D eigenvalue weighted by Crippen LogP contribution is -2.08. The van der Waals surface area contributed by atoms with Crippen LogP contribution in [0.1, 0.15) is 12.5 Å². The van der Waals surface area contributed by atoms with E-state index in [0.29, 0.717) is 11.4 Å². The van der Waals surface area contributed by atoms with E-state index in [4.69, 9.17) is 9.47 Å². The summed E-state index contributed by atoms with van der Waals surface area (Å²) in [5.74, 6) is -0.921. The first kappa shape index (κ1) is 15.6. The summed E-state index contributed by atoms with van der Waals surface area (Å²) in [6.07, 6.45) is 1.83. The molecule has 0 saturated heterocycles. The molecule has 5 nitrogen and oxygen atoms in total. The van der Waals surface area contributed by atoms with Gasteiger partial charge in [0.25, 0.3) is 5.95 Å². The molecule has 1 N–H and O–H groups in total. The van der Waals surface area contributed by atoms with Gasteiger partial charge in [0.2, 0.25) is 5.70 Å². The number of hydrogen-bond acceptors (Lipinski definition) is 4. The zero-order chi connectivity index (χ0) is 16.3. The molecule has 0 spiro atoms. The van der Waals surface area contributed by atoms with E-state index < -0.39 is 5.97 Å². The second kappa shape index (κ2) is 6.30. The molecule has 1 heterocycles. The lowest BCUT2D eigenvalue weighted by atomic mass is 10.1. The Balaban J connectivity index is 2.64. The Bertz CT molecular complexity index is 711. The van der Waals surface area contributed by atoms with Crippen molar-refractivity contribution < 1.29 is 24.0 Å². The second-order valence-electron chi connectivity index (χ2n) is 4.69. The Morgan fingerprint density at radius 1 is 1.23 bits per heavy atom. The molecule has 0 saturated carbocycles. The smallest absolute Gasteiger partial charge is 0.345 e. The standard InChI is InChI=1S/C17H17NO4/c1-11-14(16(19)21-3)15(17(20)22-4)12(2)18(11)10-13-8-6-5-7-9-13/h5-10H,1H2,2-4H3/p+1/b16-14-,18-10?. The first-order valence-electron chi connectivity index (χ1n) is 6.66. The van der Waals surface area contributed by atoms with E-state index in [1.807, 2.05) is 36.5 Å². The van der Waals surface area contributed by atoms with E-state index in [-0.39, 0.29) is 17.1 Å². The number of hydrogen-bond donors (Lipinski definition) is 1. The van der Waals surface area contributed by atoms with Gasteiger partial charge in [0.05, 0.1) is 14.2 Å². The number of carbonyl (C=O) groups excluding carboxylic acids is 1. The van der Waals surface area contributed by atoms with E-state index in [1.165, 1.54) is 14.2 Å². The van der Waals surface area contributed by atoms with E-state index in [2.05, 4.69) is 6.58 Å². The molecule has 0 aliphatic carbocycles. The molecule has 0 unspecified atom stereocenters. The number of nitrogens with zero attached hydrogens (tertiary/aromatic N) is 1. The number of carbonyl (C=O) groups is 1. The Labute approximate surface area is 129 Å². The van der Waals surface area contributed by atoms with Crippen LogP contribution >= 0.6 is 0 Å². The van der Waals surface area contributed by atoms with Gasteiger partial charge in [0.15, 0.2) is 11.9 Å². The van der Waals surface area contributed by atoms with Gasteiger partial charge in [0.1, 0.15) is 11.1 Å². The number of aliphatic hydroxyl groups is 1. The molecule has 5 heteroatoms. The van der Waals surface area contributed by atoms with Crippen molar-refractivity contribution in [2.45, 2.75) is 6.92 Å². The van der Waals surface area contributed by atoms with Gasteiger partial charge < -0.3 is 14.6 Å². The van der Waals surface area contributed by atoms with Crippen molar-refractivity contribution in [1.29, 1.82) is 0 Å². The lowest BCUT2D eigenvalue weighted by molar-refractivity contribution is -0.405. The van der Waals surface area contributed by atoms with Gasteiger partial charge in [-0.1, -0.05) is 18.2 Å². The SMILES string of the molecule is C=C1/C(=C(\O)OC)C(C(=O)OC)=C(C)[N+]1=Cc1ccccc1. The minimum Gasteiger partial charge on any atom is -0.480 e. The highest BCUT2D eigenvalue weighted by Gasteiger charge is 2.41. The lowest BCUT2D eigenvalue weighted by Gasteiger charge is -2.03. The molecule has 1 aromatic carbocycles. The van der Waals surface area contributed by atoms with Crippen molar-refractivity contribution in [3.8, 4) is 0 Å². The fourth-order valence-electron chi connectivity index (χ4n) is 2.32. The van der Waals surface area contributed by atoms with E-state index in [1.54, 1.807) is 11.5 Å². The maximum Gasteiger partial charge on any atom is 0.345 e. The quantitative estimate of drug-likeness (QED) is 0.529. The summed E-state index contributed by atoms with van der Waals surface area (Å²) in [5.41, 5.74) is 2.46. The molecule has 0 radical (unpaired) electrons. The van der Waals surface area contributed by atoms with Gasteiger partial charge in [-0.2, -0.15) is 4.58 Å². The van der Waals surface area contributed by atoms with Crippen molar-refractivity contribution >= 4 is 12.2 Å². The first-order valence-corrected chi connectivity index (χ1v) is 6.66. The number of esters is 1. The van der Waals surface area contributed by atoms with Crippen LogP contribution in [0.15, 0.2) is 65.4 Å². The van der Waals surface area contributed by atoms with Crippen LogP contribution in [0.3, 0.4) is 0 Å². The summed E-state index contributed by atoms with van der Waals surface area (Å²) in [7, 11) is 2.61. The molecular weight excluding hydrogens is 282 g/mol. The fraction of sp³-hybridized carbons (Fsp3) is 0.176. The van der Waals surface area contributed by atoms with Gasteiger partial charge in [-0.05, 0) is 18.7 Å². The number of benzene rings is 1. The summed E-state index contributed by atoms with van der Waals surface area (Å²) in [4.78, 5) is 12.0. The monoisotopic (exact) mass is 300 g/mol. The van der Waals surface area contributed by atoms with E-state index in [9.17, 15) is 9.90 Å². The Morgan fingerprint density at radius 3 is 2.41 bits per heavy atom. The van der Waals surface area contributed by atoms with Crippen LogP contribution in [0.5, 0.6) is 0 Å². The molecular formula is C17H18NO4+. The van der Waals surface area contributed by atoms with E-state index in [0.717, 1.165) is 5.56 Å². The third kappa shape index (κ3) is 2.65. The minimum absolute atomic E-state index is 0.235. The second-order valence-corrected chi connectivity index (χ2v) is 4.69. The predicted molar refractivity (Wildman–Crippen MR) is 82.4 cm³/mol. The number of aliphatic hydroxyl groups excluding tert-OH is 1. The van der Waals surface area contributed by atoms with Crippen LogP contribution in [0.4, 0.5) is 0 Å². The summed E-state index contributed by atoms with van der Waals surface area (Å²) in [5, 5.41) is 9.96. The van der Waals surface area contributed by atoms with Crippen LogP contribution < -0.4 is 0 Å². The summed E-state index contributed by atoms with van der Waals surface area (Å²) >= 11 is 0. The van der Waals surface area contributed by atoms with Gasteiger partial charge in [-0.15, -0.1) is 0 Å². The van der Waals surface area contributed by atoms with Crippen LogP contribution in [0.2, 0.25) is 0 Å². The van der Waals surface area contributed by atoms with Crippen molar-refractivity contribution in [2.75, 3.05) is 14.2 Å². The highest BCUT2D eigenvalue weighted by Crippen LogP contribution is 2.34. The highest BCUT2D eigenvalue weighted by molar-refractivity contribution is 5.96. The topological polar surface area (TPSA) is 58.8 Å². The normalized spacial score (nSPS) is 18.7. The largest absolute Gasteiger partial charge is 0.480 e. The van der Waals surface area contributed by atoms with Crippen molar-refractivity contribution in [3.05, 3.63) is 71.0 Å². The maximum absolute atomic E-state index is 12.0. The van der Waals surface area contributed by atoms with Crippen LogP contribution in [0.25, 0.3) is 0 Å². The maximum atomic E-state index is 12.0.